The molecule has 1 aromatic heterocycles. The van der Waals surface area contributed by atoms with Crippen LogP contribution in [0.5, 0.6) is 5.75 Å². The van der Waals surface area contributed by atoms with Gasteiger partial charge in [0.05, 0.1) is 6.20 Å². The van der Waals surface area contributed by atoms with Crippen LogP contribution >= 0.6 is 0 Å². The highest BCUT2D eigenvalue weighted by atomic mass is 19.1. The summed E-state index contributed by atoms with van der Waals surface area (Å²) in [6.45, 7) is 5.32. The molecule has 0 saturated carbocycles. The van der Waals surface area contributed by atoms with Gasteiger partial charge in [-0.25, -0.2) is 4.39 Å². The van der Waals surface area contributed by atoms with Crippen molar-refractivity contribution in [2.45, 2.75) is 32.9 Å². The normalized spacial score (nSPS) is 12.4. The molecule has 2 rings (SSSR count). The number of nitrogens with zero attached hydrogens (tertiary/aromatic N) is 3. The molecule has 0 aliphatic rings. The van der Waals surface area contributed by atoms with E-state index in [0.29, 0.717) is 11.4 Å². The van der Waals surface area contributed by atoms with Crippen LogP contribution in [0.1, 0.15) is 37.6 Å². The lowest BCUT2D eigenvalue weighted by Gasteiger charge is -2.18. The van der Waals surface area contributed by atoms with Gasteiger partial charge in [0.25, 0.3) is 0 Å². The number of hydrogen-bond donors (Lipinski definition) is 1. The molecule has 0 fully saturated rings. The summed E-state index contributed by atoms with van der Waals surface area (Å²) in [5.41, 5.74) is 1.65. The number of halogens is 1. The highest BCUT2D eigenvalue weighted by molar-refractivity contribution is 5.36. The van der Waals surface area contributed by atoms with Gasteiger partial charge in [0.2, 0.25) is 0 Å². The predicted molar refractivity (Wildman–Crippen MR) is 78.4 cm³/mol. The Balaban J connectivity index is 2.10. The van der Waals surface area contributed by atoms with Gasteiger partial charge in [-0.15, -0.1) is 5.10 Å². The molecule has 1 aromatic carbocycles. The SMILES string of the molecule is CCCNC(C)c1ccc(F)cc1OCc1cn(C)nn1. The largest absolute Gasteiger partial charge is 0.487 e. The highest BCUT2D eigenvalue weighted by Crippen LogP contribution is 2.26. The zero-order valence-electron chi connectivity index (χ0n) is 12.6. The van der Waals surface area contributed by atoms with Gasteiger partial charge in [0, 0.05) is 24.7 Å². The fourth-order valence-corrected chi connectivity index (χ4v) is 2.07. The maximum atomic E-state index is 13.5. The number of nitrogens with one attached hydrogen (secondary N) is 1. The standard InChI is InChI=1S/C15H21FN4O/c1-4-7-17-11(2)14-6-5-12(16)8-15(14)21-10-13-9-20(3)19-18-13/h5-6,8-9,11,17H,4,7,10H2,1-3H3. The minimum absolute atomic E-state index is 0.0995. The van der Waals surface area contributed by atoms with E-state index in [1.165, 1.54) is 12.1 Å². The van der Waals surface area contributed by atoms with Crippen molar-refractivity contribution in [3.63, 3.8) is 0 Å². The molecule has 0 amide bonds. The number of ether oxygens (including phenoxy) is 1. The van der Waals surface area contributed by atoms with Crippen LogP contribution in [0.25, 0.3) is 0 Å². The van der Waals surface area contributed by atoms with Crippen LogP contribution in [0, 0.1) is 5.82 Å². The Morgan fingerprint density at radius 2 is 2.24 bits per heavy atom. The number of aryl methyl sites for hydroxylation is 1. The van der Waals surface area contributed by atoms with Crippen LogP contribution in [0.2, 0.25) is 0 Å². The van der Waals surface area contributed by atoms with Crippen LogP contribution in [-0.4, -0.2) is 21.5 Å². The first-order valence-electron chi connectivity index (χ1n) is 7.11. The molecule has 1 atom stereocenters. The second-order valence-corrected chi connectivity index (χ2v) is 5.03. The Bertz CT molecular complexity index is 585. The van der Waals surface area contributed by atoms with Crippen molar-refractivity contribution in [2.75, 3.05) is 6.54 Å². The minimum atomic E-state index is -0.310. The van der Waals surface area contributed by atoms with E-state index in [0.717, 1.165) is 18.5 Å². The average Bonchev–Trinajstić information content (AvgIpc) is 2.88. The summed E-state index contributed by atoms with van der Waals surface area (Å²) >= 11 is 0. The van der Waals surface area contributed by atoms with E-state index in [4.69, 9.17) is 4.74 Å². The maximum Gasteiger partial charge on any atom is 0.134 e. The van der Waals surface area contributed by atoms with Crippen LogP contribution < -0.4 is 10.1 Å². The number of aromatic nitrogens is 3. The first kappa shape index (κ1) is 15.4. The Labute approximate surface area is 124 Å². The van der Waals surface area contributed by atoms with Gasteiger partial charge in [-0.05, 0) is 26.0 Å². The van der Waals surface area contributed by atoms with Gasteiger partial charge in [0.1, 0.15) is 23.9 Å². The smallest absolute Gasteiger partial charge is 0.134 e. The third-order valence-electron chi connectivity index (χ3n) is 3.17. The van der Waals surface area contributed by atoms with Crippen molar-refractivity contribution < 1.29 is 9.13 Å². The van der Waals surface area contributed by atoms with Crippen LogP contribution in [0.3, 0.4) is 0 Å². The van der Waals surface area contributed by atoms with E-state index < -0.39 is 0 Å². The summed E-state index contributed by atoms with van der Waals surface area (Å²) in [6, 6.07) is 4.72. The molecule has 0 saturated heterocycles. The van der Waals surface area contributed by atoms with E-state index in [1.54, 1.807) is 24.0 Å². The first-order valence-corrected chi connectivity index (χ1v) is 7.11. The molecule has 1 unspecified atom stereocenters. The Hall–Kier alpha value is -1.95. The predicted octanol–water partition coefficient (Wildman–Crippen LogP) is 2.59. The van der Waals surface area contributed by atoms with Gasteiger partial charge in [-0.3, -0.25) is 4.68 Å². The van der Waals surface area contributed by atoms with Crippen molar-refractivity contribution in [3.05, 3.63) is 41.5 Å². The second kappa shape index (κ2) is 7.17. The zero-order chi connectivity index (χ0) is 15.2. The molecule has 2 aromatic rings. The first-order chi connectivity index (χ1) is 10.1. The van der Waals surface area contributed by atoms with Gasteiger partial charge in [-0.1, -0.05) is 18.2 Å². The topological polar surface area (TPSA) is 52.0 Å². The lowest BCUT2D eigenvalue weighted by Crippen LogP contribution is -2.20. The lowest BCUT2D eigenvalue weighted by atomic mass is 10.1. The zero-order valence-corrected chi connectivity index (χ0v) is 12.6. The molecule has 6 heteroatoms. The molecule has 5 nitrogen and oxygen atoms in total. The summed E-state index contributed by atoms with van der Waals surface area (Å²) in [7, 11) is 1.79. The van der Waals surface area contributed by atoms with Crippen molar-refractivity contribution >= 4 is 0 Å². The van der Waals surface area contributed by atoms with E-state index in [9.17, 15) is 4.39 Å². The van der Waals surface area contributed by atoms with Gasteiger partial charge < -0.3 is 10.1 Å². The van der Waals surface area contributed by atoms with E-state index in [2.05, 4.69) is 22.6 Å². The fraction of sp³-hybridized carbons (Fsp3) is 0.467. The lowest BCUT2D eigenvalue weighted by molar-refractivity contribution is 0.293. The van der Waals surface area contributed by atoms with E-state index >= 15 is 0 Å². The molecule has 1 N–H and O–H groups in total. The fourth-order valence-electron chi connectivity index (χ4n) is 2.07. The Morgan fingerprint density at radius 1 is 1.43 bits per heavy atom. The molecule has 0 aliphatic heterocycles. The molecule has 1 heterocycles. The molecule has 114 valence electrons. The summed E-state index contributed by atoms with van der Waals surface area (Å²) in [5.74, 6) is 0.229. The van der Waals surface area contributed by atoms with Crippen LogP contribution in [0.15, 0.2) is 24.4 Å². The third-order valence-corrected chi connectivity index (χ3v) is 3.17. The van der Waals surface area contributed by atoms with Crippen molar-refractivity contribution in [1.29, 1.82) is 0 Å². The third kappa shape index (κ3) is 4.26. The van der Waals surface area contributed by atoms with Gasteiger partial charge in [-0.2, -0.15) is 0 Å². The molecule has 0 bridgehead atoms. The minimum Gasteiger partial charge on any atom is -0.487 e. The van der Waals surface area contributed by atoms with Crippen molar-refractivity contribution in [2.24, 2.45) is 7.05 Å². The molecular weight excluding hydrogens is 271 g/mol. The van der Waals surface area contributed by atoms with Crippen molar-refractivity contribution in [3.8, 4) is 5.75 Å². The molecule has 0 aliphatic carbocycles. The molecular formula is C15H21FN4O. The van der Waals surface area contributed by atoms with Gasteiger partial charge in [0.15, 0.2) is 0 Å². The van der Waals surface area contributed by atoms with Crippen LogP contribution in [-0.2, 0) is 13.7 Å². The Kier molecular flexibility index (Phi) is 5.27. The summed E-state index contributed by atoms with van der Waals surface area (Å²) in [4.78, 5) is 0. The Morgan fingerprint density at radius 3 is 2.90 bits per heavy atom. The molecule has 21 heavy (non-hydrogen) atoms. The molecule has 0 radical (unpaired) electrons. The monoisotopic (exact) mass is 292 g/mol. The maximum absolute atomic E-state index is 13.5. The molecule has 0 spiro atoms. The number of benzene rings is 1. The number of hydrogen-bond acceptors (Lipinski definition) is 4. The number of rotatable bonds is 7. The van der Waals surface area contributed by atoms with Crippen LogP contribution in [0.4, 0.5) is 4.39 Å². The average molecular weight is 292 g/mol. The highest BCUT2D eigenvalue weighted by Gasteiger charge is 2.13. The second-order valence-electron chi connectivity index (χ2n) is 5.03. The summed E-state index contributed by atoms with van der Waals surface area (Å²) < 4.78 is 20.8. The van der Waals surface area contributed by atoms with E-state index in [1.807, 2.05) is 6.92 Å². The van der Waals surface area contributed by atoms with Crippen molar-refractivity contribution in [1.82, 2.24) is 20.3 Å². The van der Waals surface area contributed by atoms with E-state index in [-0.39, 0.29) is 18.5 Å². The van der Waals surface area contributed by atoms with Gasteiger partial charge >= 0.3 is 0 Å². The summed E-state index contributed by atoms with van der Waals surface area (Å²) in [5, 5.41) is 11.2. The quantitative estimate of drug-likeness (QED) is 0.852. The summed E-state index contributed by atoms with van der Waals surface area (Å²) in [6.07, 6.45) is 2.82.